The van der Waals surface area contributed by atoms with Gasteiger partial charge in [-0.1, -0.05) is 18.2 Å². The van der Waals surface area contributed by atoms with E-state index >= 15 is 0 Å². The van der Waals surface area contributed by atoms with Gasteiger partial charge < -0.3 is 9.88 Å². The smallest absolute Gasteiger partial charge is 0.272 e. The minimum absolute atomic E-state index is 0.277. The first-order valence-electron chi connectivity index (χ1n) is 9.75. The van der Waals surface area contributed by atoms with Crippen molar-refractivity contribution in [2.24, 2.45) is 0 Å². The number of hydrogen-bond donors (Lipinski definition) is 1. The van der Waals surface area contributed by atoms with E-state index in [0.717, 1.165) is 10.8 Å². The molecule has 5 aromatic rings. The average Bonchev–Trinajstić information content (AvgIpc) is 3.11. The van der Waals surface area contributed by atoms with Gasteiger partial charge in [0.1, 0.15) is 17.3 Å². The van der Waals surface area contributed by atoms with E-state index in [2.05, 4.69) is 10.3 Å². The van der Waals surface area contributed by atoms with Gasteiger partial charge >= 0.3 is 0 Å². The molecule has 0 saturated carbocycles. The summed E-state index contributed by atoms with van der Waals surface area (Å²) < 4.78 is 29.3. The van der Waals surface area contributed by atoms with Gasteiger partial charge in [0.05, 0.1) is 0 Å². The maximum Gasteiger partial charge on any atom is 0.272 e. The average molecular weight is 413 g/mol. The molecular weight excluding hydrogens is 396 g/mol. The quantitative estimate of drug-likeness (QED) is 0.407. The highest BCUT2D eigenvalue weighted by Gasteiger charge is 2.17. The Labute approximate surface area is 176 Å². The van der Waals surface area contributed by atoms with Crippen LogP contribution in [0.4, 0.5) is 14.5 Å². The Morgan fingerprint density at radius 3 is 2.61 bits per heavy atom. The SMILES string of the molecule is O=C(Nc1ccc2cnccc2c1)c1cc2cc(F)ccc2n1Cc1cccc(F)c1. The number of aromatic nitrogens is 2. The van der Waals surface area contributed by atoms with E-state index in [-0.39, 0.29) is 24.1 Å². The van der Waals surface area contributed by atoms with Crippen molar-refractivity contribution in [3.8, 4) is 0 Å². The van der Waals surface area contributed by atoms with Gasteiger partial charge in [0.2, 0.25) is 0 Å². The molecule has 0 aliphatic heterocycles. The molecule has 1 amide bonds. The minimum Gasteiger partial charge on any atom is -0.332 e. The molecule has 152 valence electrons. The van der Waals surface area contributed by atoms with Crippen LogP contribution in [0.5, 0.6) is 0 Å². The number of carbonyl (C=O) groups is 1. The minimum atomic E-state index is -0.384. The van der Waals surface area contributed by atoms with E-state index < -0.39 is 0 Å². The zero-order valence-electron chi connectivity index (χ0n) is 16.3. The van der Waals surface area contributed by atoms with E-state index in [1.54, 1.807) is 47.3 Å². The second-order valence-electron chi connectivity index (χ2n) is 7.34. The number of benzene rings is 3. The van der Waals surface area contributed by atoms with E-state index in [1.807, 2.05) is 18.2 Å². The normalized spacial score (nSPS) is 11.2. The third-order valence-electron chi connectivity index (χ3n) is 5.22. The van der Waals surface area contributed by atoms with Crippen molar-refractivity contribution in [1.82, 2.24) is 9.55 Å². The zero-order valence-corrected chi connectivity index (χ0v) is 16.3. The summed E-state index contributed by atoms with van der Waals surface area (Å²) in [7, 11) is 0. The van der Waals surface area contributed by atoms with Gasteiger partial charge in [-0.15, -0.1) is 0 Å². The fourth-order valence-electron chi connectivity index (χ4n) is 3.77. The second kappa shape index (κ2) is 7.65. The molecule has 0 aliphatic carbocycles. The van der Waals surface area contributed by atoms with Crippen molar-refractivity contribution in [2.75, 3.05) is 5.32 Å². The summed E-state index contributed by atoms with van der Waals surface area (Å²) in [4.78, 5) is 17.3. The molecule has 3 aromatic carbocycles. The molecule has 0 atom stereocenters. The second-order valence-corrected chi connectivity index (χ2v) is 7.34. The molecule has 1 N–H and O–H groups in total. The largest absolute Gasteiger partial charge is 0.332 e. The number of halogens is 2. The molecule has 6 heteroatoms. The topological polar surface area (TPSA) is 46.9 Å². The number of pyridine rings is 1. The van der Waals surface area contributed by atoms with Gasteiger partial charge in [-0.25, -0.2) is 8.78 Å². The Hall–Kier alpha value is -4.06. The lowest BCUT2D eigenvalue weighted by molar-refractivity contribution is 0.101. The Kier molecular flexibility index (Phi) is 4.67. The van der Waals surface area contributed by atoms with Crippen LogP contribution in [-0.4, -0.2) is 15.5 Å². The number of carbonyl (C=O) groups excluding carboxylic acids is 1. The standard InChI is InChI=1S/C25H17F2N3O/c26-20-3-1-2-16(10-20)15-30-23-7-5-21(27)11-19(23)13-24(30)25(31)29-22-6-4-18-14-28-9-8-17(18)12-22/h1-14H,15H2,(H,29,31). The van der Waals surface area contributed by atoms with Gasteiger partial charge in [0.25, 0.3) is 5.91 Å². The molecule has 0 radical (unpaired) electrons. The molecule has 5 rings (SSSR count). The number of nitrogens with zero attached hydrogens (tertiary/aromatic N) is 2. The van der Waals surface area contributed by atoms with Crippen LogP contribution < -0.4 is 5.32 Å². The van der Waals surface area contributed by atoms with Crippen LogP contribution in [0.15, 0.2) is 85.2 Å². The van der Waals surface area contributed by atoms with Crippen LogP contribution in [0.3, 0.4) is 0 Å². The third-order valence-corrected chi connectivity index (χ3v) is 5.22. The molecule has 0 bridgehead atoms. The van der Waals surface area contributed by atoms with Crippen molar-refractivity contribution < 1.29 is 13.6 Å². The molecule has 0 spiro atoms. The lowest BCUT2D eigenvalue weighted by atomic mass is 10.1. The number of nitrogens with one attached hydrogen (secondary N) is 1. The molecule has 0 unspecified atom stereocenters. The molecule has 31 heavy (non-hydrogen) atoms. The number of hydrogen-bond acceptors (Lipinski definition) is 2. The lowest BCUT2D eigenvalue weighted by Crippen LogP contribution is -2.17. The highest BCUT2D eigenvalue weighted by Crippen LogP contribution is 2.25. The van der Waals surface area contributed by atoms with Gasteiger partial charge in [-0.3, -0.25) is 9.78 Å². The first kappa shape index (κ1) is 18.9. The predicted octanol–water partition coefficient (Wildman–Crippen LogP) is 5.77. The van der Waals surface area contributed by atoms with Crippen LogP contribution >= 0.6 is 0 Å². The fourth-order valence-corrected chi connectivity index (χ4v) is 3.77. The molecule has 4 nitrogen and oxygen atoms in total. The molecule has 0 aliphatic rings. The molecule has 2 heterocycles. The summed E-state index contributed by atoms with van der Waals surface area (Å²) in [5, 5.41) is 5.44. The van der Waals surface area contributed by atoms with Crippen LogP contribution in [0.25, 0.3) is 21.7 Å². The zero-order chi connectivity index (χ0) is 21.4. The van der Waals surface area contributed by atoms with Crippen LogP contribution in [0.1, 0.15) is 16.1 Å². The summed E-state index contributed by atoms with van der Waals surface area (Å²) in [6.45, 7) is 0.277. The maximum atomic E-state index is 13.8. The van der Waals surface area contributed by atoms with Gasteiger partial charge in [-0.2, -0.15) is 0 Å². The Morgan fingerprint density at radius 1 is 0.871 bits per heavy atom. The predicted molar refractivity (Wildman–Crippen MR) is 117 cm³/mol. The third kappa shape index (κ3) is 3.75. The number of amides is 1. The number of fused-ring (bicyclic) bond motifs is 2. The Bertz CT molecular complexity index is 1440. The molecular formula is C25H17F2N3O. The first-order valence-corrected chi connectivity index (χ1v) is 9.75. The van der Waals surface area contributed by atoms with Crippen molar-refractivity contribution in [3.63, 3.8) is 0 Å². The van der Waals surface area contributed by atoms with Crippen LogP contribution in [0.2, 0.25) is 0 Å². The van der Waals surface area contributed by atoms with Crippen molar-refractivity contribution in [3.05, 3.63) is 108 Å². The van der Waals surface area contributed by atoms with E-state index in [9.17, 15) is 13.6 Å². The summed E-state index contributed by atoms with van der Waals surface area (Å²) in [5.74, 6) is -1.07. The van der Waals surface area contributed by atoms with E-state index in [0.29, 0.717) is 27.8 Å². The number of anilines is 1. The summed E-state index contributed by atoms with van der Waals surface area (Å²) in [5.41, 5.74) is 2.40. The lowest BCUT2D eigenvalue weighted by Gasteiger charge is -2.12. The van der Waals surface area contributed by atoms with Crippen molar-refractivity contribution in [1.29, 1.82) is 0 Å². The highest BCUT2D eigenvalue weighted by molar-refractivity contribution is 6.07. The van der Waals surface area contributed by atoms with Crippen LogP contribution in [-0.2, 0) is 6.54 Å². The van der Waals surface area contributed by atoms with Crippen LogP contribution in [0, 0.1) is 11.6 Å². The van der Waals surface area contributed by atoms with Crippen molar-refractivity contribution in [2.45, 2.75) is 6.54 Å². The van der Waals surface area contributed by atoms with Crippen molar-refractivity contribution >= 4 is 33.3 Å². The highest BCUT2D eigenvalue weighted by atomic mass is 19.1. The monoisotopic (exact) mass is 413 g/mol. The van der Waals surface area contributed by atoms with Gasteiger partial charge in [0.15, 0.2) is 0 Å². The number of rotatable bonds is 4. The summed E-state index contributed by atoms with van der Waals surface area (Å²) >= 11 is 0. The van der Waals surface area contributed by atoms with Gasteiger partial charge in [0, 0.05) is 40.9 Å². The maximum absolute atomic E-state index is 13.8. The van der Waals surface area contributed by atoms with E-state index in [4.69, 9.17) is 0 Å². The first-order chi connectivity index (χ1) is 15.1. The fraction of sp³-hybridized carbons (Fsp3) is 0.0400. The summed E-state index contributed by atoms with van der Waals surface area (Å²) in [6, 6.07) is 19.7. The molecule has 0 fully saturated rings. The Balaban J connectivity index is 1.54. The van der Waals surface area contributed by atoms with E-state index in [1.165, 1.54) is 24.3 Å². The van der Waals surface area contributed by atoms with Gasteiger partial charge in [-0.05, 0) is 65.5 Å². The summed E-state index contributed by atoms with van der Waals surface area (Å²) in [6.07, 6.45) is 3.45. The molecule has 2 aromatic heterocycles. The molecule has 0 saturated heterocycles. The Morgan fingerprint density at radius 2 is 1.74 bits per heavy atom.